The third-order valence-electron chi connectivity index (χ3n) is 1.41. The second kappa shape index (κ2) is 4.42. The molecule has 1 heterocycles. The minimum atomic E-state index is 0.904. The zero-order valence-corrected chi connectivity index (χ0v) is 7.37. The summed E-state index contributed by atoms with van der Waals surface area (Å²) in [6.07, 6.45) is 3.46. The molecule has 0 amide bonds. The zero-order chi connectivity index (χ0) is 8.81. The molecule has 1 aromatic rings. The number of rotatable bonds is 0. The van der Waals surface area contributed by atoms with Crippen LogP contribution in [0.15, 0.2) is 36.3 Å². The highest BCUT2D eigenvalue weighted by atomic mass is 16.5. The first-order valence-corrected chi connectivity index (χ1v) is 4.13. The lowest BCUT2D eigenvalue weighted by Gasteiger charge is -2.04. The molecule has 0 atom stereocenters. The van der Waals surface area contributed by atoms with E-state index in [2.05, 4.69) is 5.73 Å². The summed E-state index contributed by atoms with van der Waals surface area (Å²) in [4.78, 5) is 0. The molecule has 0 aliphatic carbocycles. The van der Waals surface area contributed by atoms with Gasteiger partial charge in [0.1, 0.15) is 12.0 Å². The molecule has 1 aliphatic rings. The first-order chi connectivity index (χ1) is 5.97. The lowest BCUT2D eigenvalue weighted by molar-refractivity contribution is 0.479. The average molecular weight is 160 g/mol. The summed E-state index contributed by atoms with van der Waals surface area (Å²) < 4.78 is 5.16. The highest BCUT2D eigenvalue weighted by Gasteiger charge is 1.98. The number of ether oxygens (including phenoxy) is 1. The van der Waals surface area contributed by atoms with Crippen molar-refractivity contribution in [3.8, 4) is 5.75 Å². The van der Waals surface area contributed by atoms with E-state index in [0.717, 1.165) is 11.3 Å². The average Bonchev–Trinajstić information content (AvgIpc) is 2.21. The quantitative estimate of drug-likeness (QED) is 0.529. The fourth-order valence-corrected chi connectivity index (χ4v) is 0.928. The molecule has 1 aromatic carbocycles. The molecular weight excluding hydrogens is 148 g/mol. The fraction of sp³-hybridized carbons (Fsp3) is 0.182. The van der Waals surface area contributed by atoms with E-state index in [0.29, 0.717) is 0 Å². The Hall–Kier alpha value is -1.46. The maximum absolute atomic E-state index is 5.16. The van der Waals surface area contributed by atoms with E-state index >= 15 is 0 Å². The van der Waals surface area contributed by atoms with Crippen molar-refractivity contribution < 1.29 is 4.74 Å². The lowest BCUT2D eigenvalue weighted by atomic mass is 10.2. The minimum Gasteiger partial charge on any atom is -0.456 e. The van der Waals surface area contributed by atoms with Crippen molar-refractivity contribution >= 4 is 6.08 Å². The summed E-state index contributed by atoms with van der Waals surface area (Å²) in [5.41, 5.74) is 3.96. The summed E-state index contributed by atoms with van der Waals surface area (Å²) in [6.45, 7) is 4.00. The fourth-order valence-electron chi connectivity index (χ4n) is 0.928. The van der Waals surface area contributed by atoms with Gasteiger partial charge in [0.25, 0.3) is 0 Å². The minimum absolute atomic E-state index is 0.904. The van der Waals surface area contributed by atoms with Crippen molar-refractivity contribution in [3.63, 3.8) is 0 Å². The monoisotopic (exact) mass is 160 g/mol. The van der Waals surface area contributed by atoms with Crippen molar-refractivity contribution in [2.24, 2.45) is 0 Å². The largest absolute Gasteiger partial charge is 0.456 e. The molecule has 1 aliphatic heterocycles. The van der Waals surface area contributed by atoms with Crippen LogP contribution in [0.2, 0.25) is 0 Å². The Bertz CT molecular complexity index is 307. The van der Waals surface area contributed by atoms with Crippen LogP contribution in [0.3, 0.4) is 0 Å². The molecule has 0 radical (unpaired) electrons. The van der Waals surface area contributed by atoms with Gasteiger partial charge in [-0.3, -0.25) is 0 Å². The molecule has 1 nitrogen and oxygen atoms in total. The van der Waals surface area contributed by atoms with Crippen molar-refractivity contribution in [1.82, 2.24) is 0 Å². The molecule has 0 fully saturated rings. The molecule has 0 unspecified atom stereocenters. The Kier molecular flexibility index (Phi) is 3.18. The second-order valence-electron chi connectivity index (χ2n) is 2.08. The third kappa shape index (κ3) is 1.77. The molecule has 0 aromatic heterocycles. The Morgan fingerprint density at radius 3 is 2.67 bits per heavy atom. The normalized spacial score (nSPS) is 10.8. The van der Waals surface area contributed by atoms with Crippen LogP contribution in [0.25, 0.3) is 6.08 Å². The van der Waals surface area contributed by atoms with E-state index in [-0.39, 0.29) is 0 Å². The summed E-state index contributed by atoms with van der Waals surface area (Å²) in [5, 5.41) is 0. The van der Waals surface area contributed by atoms with E-state index in [1.807, 2.05) is 44.2 Å². The number of para-hydroxylation sites is 1. The Morgan fingerprint density at radius 1 is 1.17 bits per heavy atom. The first-order valence-electron chi connectivity index (χ1n) is 4.13. The molecule has 0 saturated heterocycles. The predicted molar refractivity (Wildman–Crippen MR) is 51.0 cm³/mol. The molecule has 0 spiro atoms. The Morgan fingerprint density at radius 2 is 1.92 bits per heavy atom. The van der Waals surface area contributed by atoms with Gasteiger partial charge in [0, 0.05) is 5.56 Å². The van der Waals surface area contributed by atoms with Gasteiger partial charge in [-0.2, -0.15) is 0 Å². The second-order valence-corrected chi connectivity index (χ2v) is 2.08. The van der Waals surface area contributed by atoms with Crippen molar-refractivity contribution in [2.45, 2.75) is 13.8 Å². The third-order valence-corrected chi connectivity index (χ3v) is 1.41. The van der Waals surface area contributed by atoms with Crippen LogP contribution in [-0.4, -0.2) is 0 Å². The Labute approximate surface area is 73.0 Å². The first kappa shape index (κ1) is 8.63. The van der Waals surface area contributed by atoms with Crippen LogP contribution < -0.4 is 4.74 Å². The van der Waals surface area contributed by atoms with E-state index in [1.54, 1.807) is 6.26 Å². The van der Waals surface area contributed by atoms with Crippen LogP contribution >= 0.6 is 0 Å². The van der Waals surface area contributed by atoms with Crippen molar-refractivity contribution in [1.29, 1.82) is 0 Å². The standard InChI is InChI=1S/C9H6O.C2H6/c1-2-6-9-8(4-1)5-3-7-10-9;1-2/h1-2,4-7H;1-2H3. The van der Waals surface area contributed by atoms with Crippen LogP contribution in [0.4, 0.5) is 0 Å². The summed E-state index contributed by atoms with van der Waals surface area (Å²) in [5.74, 6) is 0.904. The lowest BCUT2D eigenvalue weighted by Crippen LogP contribution is -1.87. The van der Waals surface area contributed by atoms with E-state index in [9.17, 15) is 0 Å². The number of hydrogen-bond donors (Lipinski definition) is 0. The van der Waals surface area contributed by atoms with Gasteiger partial charge < -0.3 is 4.74 Å². The van der Waals surface area contributed by atoms with Gasteiger partial charge >= 0.3 is 0 Å². The van der Waals surface area contributed by atoms with Crippen molar-refractivity contribution in [2.75, 3.05) is 0 Å². The molecule has 2 rings (SSSR count). The smallest absolute Gasteiger partial charge is 0.135 e. The van der Waals surface area contributed by atoms with Gasteiger partial charge in [0.2, 0.25) is 0 Å². The summed E-state index contributed by atoms with van der Waals surface area (Å²) in [7, 11) is 0. The van der Waals surface area contributed by atoms with Gasteiger partial charge in [-0.1, -0.05) is 37.8 Å². The molecule has 0 N–H and O–H groups in total. The molecule has 1 heteroatoms. The van der Waals surface area contributed by atoms with Gasteiger partial charge in [-0.05, 0) is 12.1 Å². The topological polar surface area (TPSA) is 9.23 Å². The predicted octanol–water partition coefficient (Wildman–Crippen LogP) is 3.23. The van der Waals surface area contributed by atoms with Gasteiger partial charge in [0.05, 0.1) is 0 Å². The maximum Gasteiger partial charge on any atom is 0.135 e. The molecular formula is C11H12O. The van der Waals surface area contributed by atoms with Crippen LogP contribution in [0, 0.1) is 0 Å². The zero-order valence-electron chi connectivity index (χ0n) is 7.37. The van der Waals surface area contributed by atoms with Crippen LogP contribution in [-0.2, 0) is 0 Å². The highest BCUT2D eigenvalue weighted by Crippen LogP contribution is 2.21. The van der Waals surface area contributed by atoms with Gasteiger partial charge in [-0.25, -0.2) is 0 Å². The van der Waals surface area contributed by atoms with Crippen molar-refractivity contribution in [3.05, 3.63) is 41.8 Å². The van der Waals surface area contributed by atoms with Gasteiger partial charge in [-0.15, -0.1) is 0 Å². The maximum atomic E-state index is 5.16. The molecule has 62 valence electrons. The Balaban J connectivity index is 0.000000336. The van der Waals surface area contributed by atoms with Crippen LogP contribution in [0.5, 0.6) is 5.75 Å². The number of fused-ring (bicyclic) bond motifs is 1. The van der Waals surface area contributed by atoms with Gasteiger partial charge in [0.15, 0.2) is 0 Å². The van der Waals surface area contributed by atoms with E-state index in [4.69, 9.17) is 4.74 Å². The SMILES string of the molecule is C1=COc2ccccc2C=1.CC. The highest BCUT2D eigenvalue weighted by molar-refractivity contribution is 5.58. The summed E-state index contributed by atoms with van der Waals surface area (Å²) in [6, 6.07) is 7.86. The molecule has 0 bridgehead atoms. The van der Waals surface area contributed by atoms with E-state index < -0.39 is 0 Å². The summed E-state index contributed by atoms with van der Waals surface area (Å²) >= 11 is 0. The molecule has 0 saturated carbocycles. The van der Waals surface area contributed by atoms with E-state index in [1.165, 1.54) is 0 Å². The molecule has 12 heavy (non-hydrogen) atoms. The number of hydrogen-bond acceptors (Lipinski definition) is 1. The van der Waals surface area contributed by atoms with Crippen LogP contribution in [0.1, 0.15) is 19.4 Å². The number of benzene rings is 1.